The van der Waals surface area contributed by atoms with Crippen LogP contribution in [0.25, 0.3) is 0 Å². The summed E-state index contributed by atoms with van der Waals surface area (Å²) < 4.78 is 15.7. The molecule has 1 aromatic carbocycles. The molecule has 0 bridgehead atoms. The summed E-state index contributed by atoms with van der Waals surface area (Å²) in [6, 6.07) is 6.31. The van der Waals surface area contributed by atoms with E-state index in [2.05, 4.69) is 20.5 Å². The van der Waals surface area contributed by atoms with Crippen molar-refractivity contribution >= 4 is 35.9 Å². The fraction of sp³-hybridized carbons (Fsp3) is 0.619. The van der Waals surface area contributed by atoms with Crippen molar-refractivity contribution in [3.63, 3.8) is 0 Å². The normalized spacial score (nSPS) is 16.5. The van der Waals surface area contributed by atoms with Crippen LogP contribution in [0.1, 0.15) is 31.7 Å². The molecule has 0 amide bonds. The molecule has 30 heavy (non-hydrogen) atoms. The maximum Gasteiger partial charge on any atom is 0.305 e. The largest absolute Gasteiger partial charge is 0.497 e. The van der Waals surface area contributed by atoms with Gasteiger partial charge in [0.2, 0.25) is 0 Å². The van der Waals surface area contributed by atoms with Crippen LogP contribution in [0.4, 0.5) is 0 Å². The van der Waals surface area contributed by atoms with E-state index >= 15 is 0 Å². The van der Waals surface area contributed by atoms with Crippen molar-refractivity contribution in [2.24, 2.45) is 4.99 Å². The van der Waals surface area contributed by atoms with Gasteiger partial charge in [-0.3, -0.25) is 14.7 Å². The number of hydrogen-bond donors (Lipinski definition) is 2. The fourth-order valence-electron chi connectivity index (χ4n) is 3.37. The van der Waals surface area contributed by atoms with Crippen LogP contribution in [0.5, 0.6) is 11.5 Å². The lowest BCUT2D eigenvalue weighted by Crippen LogP contribution is -2.44. The summed E-state index contributed by atoms with van der Waals surface area (Å²) in [5.41, 5.74) is 1.17. The predicted octanol–water partition coefficient (Wildman–Crippen LogP) is 2.40. The van der Waals surface area contributed by atoms with Crippen LogP contribution in [-0.4, -0.2) is 70.4 Å². The number of guanidine groups is 1. The highest BCUT2D eigenvalue weighted by Crippen LogP contribution is 2.24. The Kier molecular flexibility index (Phi) is 12.5. The quantitative estimate of drug-likeness (QED) is 0.157. The molecule has 1 heterocycles. The van der Waals surface area contributed by atoms with Crippen molar-refractivity contribution in [3.05, 3.63) is 23.8 Å². The smallest absolute Gasteiger partial charge is 0.305 e. The molecule has 1 aliphatic rings. The van der Waals surface area contributed by atoms with Gasteiger partial charge in [0, 0.05) is 51.8 Å². The minimum Gasteiger partial charge on any atom is -0.497 e. The van der Waals surface area contributed by atoms with Gasteiger partial charge in [-0.25, -0.2) is 0 Å². The third kappa shape index (κ3) is 8.95. The average molecular weight is 534 g/mol. The van der Waals surface area contributed by atoms with Crippen LogP contribution in [0.3, 0.4) is 0 Å². The molecule has 2 rings (SSSR count). The van der Waals surface area contributed by atoms with Crippen molar-refractivity contribution in [1.29, 1.82) is 0 Å². The lowest BCUT2D eigenvalue weighted by molar-refractivity contribution is -0.143. The summed E-state index contributed by atoms with van der Waals surface area (Å²) in [6.07, 6.45) is 2.18. The van der Waals surface area contributed by atoms with Crippen molar-refractivity contribution < 1.29 is 19.0 Å². The standard InChI is InChI=1S/C21H34N4O4.HI/c1-5-29-20(26)7-6-9-23-21(22-2)24-17-8-10-25(15-17)14-16-11-18(27-3)13-19(12-16)28-4;/h11-13,17H,5-10,14-15H2,1-4H3,(H2,22,23,24);1H. The number of ether oxygens (including phenoxy) is 3. The lowest BCUT2D eigenvalue weighted by Gasteiger charge is -2.19. The van der Waals surface area contributed by atoms with E-state index in [0.717, 1.165) is 43.5 Å². The van der Waals surface area contributed by atoms with Gasteiger partial charge in [0.05, 0.1) is 20.8 Å². The number of nitrogens with one attached hydrogen (secondary N) is 2. The molecule has 170 valence electrons. The van der Waals surface area contributed by atoms with Crippen molar-refractivity contribution in [2.75, 3.05) is 47.5 Å². The number of aliphatic imine (C=N–C) groups is 1. The Labute approximate surface area is 196 Å². The molecule has 1 saturated heterocycles. The highest BCUT2D eigenvalue weighted by molar-refractivity contribution is 14.0. The van der Waals surface area contributed by atoms with E-state index in [0.29, 0.717) is 32.0 Å². The first-order valence-electron chi connectivity index (χ1n) is 10.1. The molecule has 1 aliphatic heterocycles. The fourth-order valence-corrected chi connectivity index (χ4v) is 3.37. The van der Waals surface area contributed by atoms with E-state index in [4.69, 9.17) is 14.2 Å². The summed E-state index contributed by atoms with van der Waals surface area (Å²) in [4.78, 5) is 18.1. The molecule has 0 spiro atoms. The van der Waals surface area contributed by atoms with Gasteiger partial charge in [-0.1, -0.05) is 0 Å². The Balaban J connectivity index is 0.00000450. The number of carbonyl (C=O) groups is 1. The number of methoxy groups -OCH3 is 2. The highest BCUT2D eigenvalue weighted by atomic mass is 127. The second-order valence-electron chi connectivity index (χ2n) is 6.99. The highest BCUT2D eigenvalue weighted by Gasteiger charge is 2.23. The van der Waals surface area contributed by atoms with Gasteiger partial charge in [0.1, 0.15) is 11.5 Å². The second kappa shape index (κ2) is 14.3. The lowest BCUT2D eigenvalue weighted by atomic mass is 10.2. The van der Waals surface area contributed by atoms with Gasteiger partial charge in [0.15, 0.2) is 5.96 Å². The van der Waals surface area contributed by atoms with E-state index in [-0.39, 0.29) is 29.9 Å². The maximum atomic E-state index is 11.4. The van der Waals surface area contributed by atoms with Crippen molar-refractivity contribution in [3.8, 4) is 11.5 Å². The number of likely N-dealkylation sites (tertiary alicyclic amines) is 1. The molecular formula is C21H35IN4O4. The van der Waals surface area contributed by atoms with Crippen molar-refractivity contribution in [1.82, 2.24) is 15.5 Å². The Morgan fingerprint density at radius 1 is 1.23 bits per heavy atom. The molecule has 9 heteroatoms. The van der Waals surface area contributed by atoms with Gasteiger partial charge in [0.25, 0.3) is 0 Å². The zero-order chi connectivity index (χ0) is 21.1. The van der Waals surface area contributed by atoms with Gasteiger partial charge in [-0.05, 0) is 37.5 Å². The summed E-state index contributed by atoms with van der Waals surface area (Å²) in [5, 5.41) is 6.74. The second-order valence-corrected chi connectivity index (χ2v) is 6.99. The monoisotopic (exact) mass is 534 g/mol. The molecule has 0 radical (unpaired) electrons. The summed E-state index contributed by atoms with van der Waals surface area (Å²) in [7, 11) is 5.09. The van der Waals surface area contributed by atoms with E-state index in [9.17, 15) is 4.79 Å². The van der Waals surface area contributed by atoms with Gasteiger partial charge in [-0.2, -0.15) is 0 Å². The summed E-state index contributed by atoms with van der Waals surface area (Å²) in [5.74, 6) is 2.22. The first kappa shape index (κ1) is 26.3. The number of halogens is 1. The van der Waals surface area contributed by atoms with E-state index in [1.165, 1.54) is 5.56 Å². The molecule has 0 aliphatic carbocycles. The number of carbonyl (C=O) groups excluding carboxylic acids is 1. The third-order valence-electron chi connectivity index (χ3n) is 4.81. The minimum atomic E-state index is -0.155. The Hall–Kier alpha value is -1.75. The molecule has 0 saturated carbocycles. The van der Waals surface area contributed by atoms with Crippen LogP contribution in [-0.2, 0) is 16.1 Å². The predicted molar refractivity (Wildman–Crippen MR) is 129 cm³/mol. The maximum absolute atomic E-state index is 11.4. The molecule has 1 fully saturated rings. The van der Waals surface area contributed by atoms with Crippen molar-refractivity contribution in [2.45, 2.75) is 38.8 Å². The Morgan fingerprint density at radius 3 is 2.53 bits per heavy atom. The molecule has 8 nitrogen and oxygen atoms in total. The first-order valence-corrected chi connectivity index (χ1v) is 10.1. The van der Waals surface area contributed by atoms with E-state index in [1.807, 2.05) is 25.1 Å². The molecule has 0 aromatic heterocycles. The van der Waals surface area contributed by atoms with Crippen LogP contribution in [0.2, 0.25) is 0 Å². The van der Waals surface area contributed by atoms with Crippen LogP contribution in [0.15, 0.2) is 23.2 Å². The molecular weight excluding hydrogens is 499 g/mol. The van der Waals surface area contributed by atoms with Gasteiger partial charge < -0.3 is 24.8 Å². The first-order chi connectivity index (χ1) is 14.1. The van der Waals surface area contributed by atoms with Gasteiger partial charge in [-0.15, -0.1) is 24.0 Å². The van der Waals surface area contributed by atoms with Gasteiger partial charge >= 0.3 is 5.97 Å². The zero-order valence-corrected chi connectivity index (χ0v) is 20.7. The van der Waals surface area contributed by atoms with E-state index in [1.54, 1.807) is 21.3 Å². The number of hydrogen-bond acceptors (Lipinski definition) is 6. The van der Waals surface area contributed by atoms with Crippen LogP contribution < -0.4 is 20.1 Å². The minimum absolute atomic E-state index is 0. The number of benzene rings is 1. The number of nitrogens with zero attached hydrogens (tertiary/aromatic N) is 2. The van der Waals surface area contributed by atoms with E-state index < -0.39 is 0 Å². The number of esters is 1. The SMILES string of the molecule is CCOC(=O)CCCNC(=NC)NC1CCN(Cc2cc(OC)cc(OC)c2)C1.I. The average Bonchev–Trinajstić information content (AvgIpc) is 3.16. The molecule has 2 N–H and O–H groups in total. The number of rotatable bonds is 10. The Morgan fingerprint density at radius 2 is 1.93 bits per heavy atom. The Bertz CT molecular complexity index is 665. The van der Waals surface area contributed by atoms with Crippen LogP contribution in [0, 0.1) is 0 Å². The summed E-state index contributed by atoms with van der Waals surface area (Å²) >= 11 is 0. The third-order valence-corrected chi connectivity index (χ3v) is 4.81. The molecule has 1 aromatic rings. The zero-order valence-electron chi connectivity index (χ0n) is 18.4. The summed E-state index contributed by atoms with van der Waals surface area (Å²) in [6.45, 7) is 5.71. The van der Waals surface area contributed by atoms with Crippen LogP contribution >= 0.6 is 24.0 Å². The molecule has 1 atom stereocenters. The molecule has 1 unspecified atom stereocenters. The topological polar surface area (TPSA) is 84.4 Å².